The quantitative estimate of drug-likeness (QED) is 0.695. The maximum Gasteiger partial charge on any atom is 0.420 e. The molecule has 0 amide bonds. The van der Waals surface area contributed by atoms with Crippen LogP contribution in [0.3, 0.4) is 0 Å². The Balaban J connectivity index is 1.92. The number of fused-ring (bicyclic) bond motifs is 1. The Morgan fingerprint density at radius 1 is 1.15 bits per heavy atom. The molecule has 2 aliphatic rings. The van der Waals surface area contributed by atoms with Crippen LogP contribution in [0.5, 0.6) is 0 Å². The average Bonchev–Trinajstić information content (AvgIpc) is 3.02. The fourth-order valence-corrected chi connectivity index (χ4v) is 4.37. The van der Waals surface area contributed by atoms with Crippen molar-refractivity contribution in [3.63, 3.8) is 0 Å². The zero-order valence-corrected chi connectivity index (χ0v) is 15.5. The standard InChI is InChI=1S/C17H21F3N2O4S/c1-22(2)15-21-10-11(23)12(24)13(26-14(10)27-15)16(25,17(18,19)20)8-9-6-4-3-5-7-9/h3-7,10-14,23-25H,8H2,1-2H3/t10-,11-,12+,13+,14-,16?/m1/s1. The fraction of sp³-hybridized carbons (Fsp3) is 0.588. The fourth-order valence-electron chi connectivity index (χ4n) is 3.23. The van der Waals surface area contributed by atoms with Crippen molar-refractivity contribution in [3.8, 4) is 0 Å². The number of amidine groups is 1. The smallest absolute Gasteiger partial charge is 0.388 e. The second kappa shape index (κ2) is 7.25. The summed E-state index contributed by atoms with van der Waals surface area (Å²) in [6.45, 7) is 0. The van der Waals surface area contributed by atoms with Crippen LogP contribution in [0, 0.1) is 0 Å². The molecule has 0 aromatic heterocycles. The lowest BCUT2D eigenvalue weighted by molar-refractivity contribution is -0.323. The van der Waals surface area contributed by atoms with E-state index in [-0.39, 0.29) is 5.56 Å². The van der Waals surface area contributed by atoms with Gasteiger partial charge in [0.1, 0.15) is 29.8 Å². The Hall–Kier alpha value is -1.33. The number of rotatable bonds is 3. The van der Waals surface area contributed by atoms with E-state index in [1.165, 1.54) is 12.1 Å². The van der Waals surface area contributed by atoms with Gasteiger partial charge in [0.15, 0.2) is 10.8 Å². The second-order valence-corrected chi connectivity index (χ2v) is 7.97. The van der Waals surface area contributed by atoms with Gasteiger partial charge in [0.2, 0.25) is 0 Å². The lowest BCUT2D eigenvalue weighted by Gasteiger charge is -2.46. The van der Waals surface area contributed by atoms with E-state index in [0.29, 0.717) is 5.17 Å². The highest BCUT2D eigenvalue weighted by Crippen LogP contribution is 2.45. The second-order valence-electron chi connectivity index (χ2n) is 6.91. The molecular formula is C17H21F3N2O4S. The molecule has 0 saturated carbocycles. The van der Waals surface area contributed by atoms with Gasteiger partial charge < -0.3 is 25.0 Å². The molecular weight excluding hydrogens is 385 g/mol. The predicted octanol–water partition coefficient (Wildman–Crippen LogP) is 1.00. The monoisotopic (exact) mass is 406 g/mol. The van der Waals surface area contributed by atoms with Crippen molar-refractivity contribution in [2.75, 3.05) is 14.1 Å². The molecule has 0 bridgehead atoms. The van der Waals surface area contributed by atoms with Crippen molar-refractivity contribution in [2.24, 2.45) is 4.99 Å². The molecule has 0 spiro atoms. The van der Waals surface area contributed by atoms with Crippen LogP contribution < -0.4 is 0 Å². The molecule has 3 N–H and O–H groups in total. The van der Waals surface area contributed by atoms with Crippen LogP contribution in [-0.2, 0) is 11.2 Å². The van der Waals surface area contributed by atoms with E-state index in [1.54, 1.807) is 37.2 Å². The highest BCUT2D eigenvalue weighted by atomic mass is 32.2. The van der Waals surface area contributed by atoms with Gasteiger partial charge in [-0.3, -0.25) is 4.99 Å². The maximum absolute atomic E-state index is 13.9. The lowest BCUT2D eigenvalue weighted by Crippen LogP contribution is -2.68. The Morgan fingerprint density at radius 3 is 2.33 bits per heavy atom. The number of hydrogen-bond acceptors (Lipinski definition) is 7. The number of thioether (sulfide) groups is 1. The highest BCUT2D eigenvalue weighted by Gasteiger charge is 2.65. The van der Waals surface area contributed by atoms with E-state index in [2.05, 4.69) is 4.99 Å². The number of benzene rings is 1. The Morgan fingerprint density at radius 2 is 1.78 bits per heavy atom. The first kappa shape index (κ1) is 20.4. The number of hydrogen-bond donors (Lipinski definition) is 3. The van der Waals surface area contributed by atoms with Gasteiger partial charge in [-0.1, -0.05) is 42.1 Å². The number of ether oxygens (including phenoxy) is 1. The zero-order chi connectivity index (χ0) is 20.0. The van der Waals surface area contributed by atoms with E-state index < -0.39 is 48.0 Å². The summed E-state index contributed by atoms with van der Waals surface area (Å²) >= 11 is 1.05. The van der Waals surface area contributed by atoms with Crippen LogP contribution in [0.15, 0.2) is 35.3 Å². The van der Waals surface area contributed by atoms with E-state index in [9.17, 15) is 28.5 Å². The first-order valence-electron chi connectivity index (χ1n) is 8.31. The third-order valence-corrected chi connectivity index (χ3v) is 6.01. The predicted molar refractivity (Wildman–Crippen MR) is 94.3 cm³/mol. The molecule has 10 heteroatoms. The third-order valence-electron chi connectivity index (χ3n) is 4.71. The van der Waals surface area contributed by atoms with Crippen molar-refractivity contribution in [1.82, 2.24) is 4.90 Å². The Bertz CT molecular complexity index is 703. The summed E-state index contributed by atoms with van der Waals surface area (Å²) in [6, 6.07) is 6.74. The van der Waals surface area contributed by atoms with Crippen LogP contribution in [-0.4, -0.2) is 81.0 Å². The molecule has 2 aliphatic heterocycles. The van der Waals surface area contributed by atoms with Gasteiger partial charge in [-0.15, -0.1) is 0 Å². The van der Waals surface area contributed by atoms with Crippen molar-refractivity contribution in [1.29, 1.82) is 0 Å². The van der Waals surface area contributed by atoms with Crippen LogP contribution >= 0.6 is 11.8 Å². The van der Waals surface area contributed by atoms with E-state index >= 15 is 0 Å². The normalized spacial score (nSPS) is 33.2. The largest absolute Gasteiger partial charge is 0.420 e. The summed E-state index contributed by atoms with van der Waals surface area (Å²) in [6.07, 6.45) is -11.5. The maximum atomic E-state index is 13.9. The number of halogens is 3. The number of aliphatic imine (C=N–C) groups is 1. The summed E-state index contributed by atoms with van der Waals surface area (Å²) in [7, 11) is 3.40. The average molecular weight is 406 g/mol. The molecule has 6 atom stereocenters. The molecule has 1 fully saturated rings. The summed E-state index contributed by atoms with van der Waals surface area (Å²) in [5, 5.41) is 31.8. The first-order chi connectivity index (χ1) is 12.5. The van der Waals surface area contributed by atoms with E-state index in [0.717, 1.165) is 11.8 Å². The summed E-state index contributed by atoms with van der Waals surface area (Å²) < 4.78 is 47.1. The van der Waals surface area contributed by atoms with E-state index in [4.69, 9.17) is 4.74 Å². The molecule has 0 aliphatic carbocycles. The van der Waals surface area contributed by atoms with Crippen LogP contribution in [0.4, 0.5) is 13.2 Å². The molecule has 150 valence electrons. The molecule has 1 aromatic carbocycles. The minimum atomic E-state index is -5.09. The van der Waals surface area contributed by atoms with Crippen molar-refractivity contribution < 1.29 is 33.2 Å². The third kappa shape index (κ3) is 3.68. The molecule has 6 nitrogen and oxygen atoms in total. The van der Waals surface area contributed by atoms with E-state index in [1.807, 2.05) is 0 Å². The SMILES string of the molecule is CN(C)C1=N[C@@H]2[C@@H](O)[C@H](O)[C@@H](C(O)(Cc3ccccc3)C(F)(F)F)O[C@@H]2S1. The molecule has 1 aromatic rings. The van der Waals surface area contributed by atoms with Crippen molar-refractivity contribution >= 4 is 16.9 Å². The van der Waals surface area contributed by atoms with Gasteiger partial charge >= 0.3 is 6.18 Å². The van der Waals surface area contributed by atoms with Gasteiger partial charge in [0.25, 0.3) is 0 Å². The number of aliphatic hydroxyl groups is 3. The van der Waals surface area contributed by atoms with Gasteiger partial charge in [0.05, 0.1) is 0 Å². The number of alkyl halides is 3. The topological polar surface area (TPSA) is 85.5 Å². The van der Waals surface area contributed by atoms with Crippen molar-refractivity contribution in [3.05, 3.63) is 35.9 Å². The molecule has 27 heavy (non-hydrogen) atoms. The lowest BCUT2D eigenvalue weighted by atomic mass is 9.81. The highest BCUT2D eigenvalue weighted by molar-refractivity contribution is 8.14. The molecule has 2 heterocycles. The minimum Gasteiger partial charge on any atom is -0.388 e. The summed E-state index contributed by atoms with van der Waals surface area (Å²) in [5.41, 5.74) is -4.08. The van der Waals surface area contributed by atoms with Crippen LogP contribution in [0.2, 0.25) is 0 Å². The van der Waals surface area contributed by atoms with Gasteiger partial charge in [0, 0.05) is 20.5 Å². The summed E-state index contributed by atoms with van der Waals surface area (Å²) in [4.78, 5) is 5.85. The molecule has 0 radical (unpaired) electrons. The molecule has 3 rings (SSSR count). The molecule has 1 unspecified atom stereocenters. The molecule has 1 saturated heterocycles. The van der Waals surface area contributed by atoms with Crippen LogP contribution in [0.25, 0.3) is 0 Å². The number of nitrogens with zero attached hydrogens (tertiary/aromatic N) is 2. The zero-order valence-electron chi connectivity index (χ0n) is 14.7. The number of aliphatic hydroxyl groups excluding tert-OH is 2. The first-order valence-corrected chi connectivity index (χ1v) is 9.19. The minimum absolute atomic E-state index is 0.231. The summed E-state index contributed by atoms with van der Waals surface area (Å²) in [5.74, 6) is 0. The van der Waals surface area contributed by atoms with Gasteiger partial charge in [-0.2, -0.15) is 13.2 Å². The van der Waals surface area contributed by atoms with Gasteiger partial charge in [-0.25, -0.2) is 0 Å². The Kier molecular flexibility index (Phi) is 5.48. The van der Waals surface area contributed by atoms with Crippen molar-refractivity contribution in [2.45, 2.75) is 48.0 Å². The van der Waals surface area contributed by atoms with Gasteiger partial charge in [-0.05, 0) is 5.56 Å². The van der Waals surface area contributed by atoms with Crippen LogP contribution in [0.1, 0.15) is 5.56 Å². The Labute approximate surface area is 158 Å².